The second kappa shape index (κ2) is 5.07. The smallest absolute Gasteiger partial charge is 0.0991 e. The Bertz CT molecular complexity index is 350. The van der Waals surface area contributed by atoms with E-state index in [-0.39, 0.29) is 0 Å². The van der Waals surface area contributed by atoms with Crippen LogP contribution in [0.3, 0.4) is 0 Å². The molecule has 0 aliphatic carbocycles. The monoisotopic (exact) mass is 205 g/mol. The first-order valence-electron chi connectivity index (χ1n) is 4.77. The fourth-order valence-corrected chi connectivity index (χ4v) is 2.10. The van der Waals surface area contributed by atoms with Gasteiger partial charge in [-0.15, -0.1) is 11.8 Å². The van der Waals surface area contributed by atoms with Crippen molar-refractivity contribution in [3.8, 4) is 6.07 Å². The van der Waals surface area contributed by atoms with Gasteiger partial charge in [-0.25, -0.2) is 0 Å². The minimum Gasteiger partial charge on any atom is -0.192 e. The van der Waals surface area contributed by atoms with Crippen LogP contribution in [0.5, 0.6) is 0 Å². The summed E-state index contributed by atoms with van der Waals surface area (Å²) in [5, 5.41) is 8.71. The van der Waals surface area contributed by atoms with E-state index in [1.165, 1.54) is 10.5 Å². The molecule has 1 nitrogen and oxygen atoms in total. The lowest BCUT2D eigenvalue weighted by Gasteiger charge is -2.07. The van der Waals surface area contributed by atoms with E-state index in [4.69, 9.17) is 5.26 Å². The molecule has 0 amide bonds. The Labute approximate surface area is 90.1 Å². The van der Waals surface area contributed by atoms with Crippen molar-refractivity contribution in [3.63, 3.8) is 0 Å². The number of hydrogen-bond acceptors (Lipinski definition) is 2. The molecule has 1 aromatic rings. The van der Waals surface area contributed by atoms with Crippen LogP contribution >= 0.6 is 11.8 Å². The number of nitriles is 1. The average Bonchev–Trinajstić information content (AvgIpc) is 2.15. The molecule has 0 bridgehead atoms. The maximum atomic E-state index is 8.71. The SMILES string of the molecule is Cc1cc(C#N)ccc1SCC(C)C. The van der Waals surface area contributed by atoms with Crippen molar-refractivity contribution in [3.05, 3.63) is 29.3 Å². The molecule has 0 spiro atoms. The van der Waals surface area contributed by atoms with Crippen molar-refractivity contribution < 1.29 is 0 Å². The van der Waals surface area contributed by atoms with Crippen LogP contribution in [-0.4, -0.2) is 5.75 Å². The van der Waals surface area contributed by atoms with Crippen molar-refractivity contribution in [2.75, 3.05) is 5.75 Å². The maximum Gasteiger partial charge on any atom is 0.0991 e. The van der Waals surface area contributed by atoms with Gasteiger partial charge < -0.3 is 0 Å². The summed E-state index contributed by atoms with van der Waals surface area (Å²) in [5.41, 5.74) is 1.95. The standard InChI is InChI=1S/C12H15NS/c1-9(2)8-14-12-5-4-11(7-13)6-10(12)3/h4-6,9H,8H2,1-3H3. The van der Waals surface area contributed by atoms with Gasteiger partial charge in [-0.2, -0.15) is 5.26 Å². The third kappa shape index (κ3) is 3.08. The van der Waals surface area contributed by atoms with Gasteiger partial charge in [0.2, 0.25) is 0 Å². The van der Waals surface area contributed by atoms with Gasteiger partial charge in [-0.3, -0.25) is 0 Å². The van der Waals surface area contributed by atoms with Gasteiger partial charge in [0.1, 0.15) is 0 Å². The van der Waals surface area contributed by atoms with Gasteiger partial charge in [0, 0.05) is 10.6 Å². The molecule has 0 fully saturated rings. The molecule has 1 aromatic carbocycles. The van der Waals surface area contributed by atoms with Crippen molar-refractivity contribution in [1.82, 2.24) is 0 Å². The summed E-state index contributed by atoms with van der Waals surface area (Å²) >= 11 is 1.86. The second-order valence-corrected chi connectivity index (χ2v) is 4.86. The predicted octanol–water partition coefficient (Wildman–Crippen LogP) is 3.61. The van der Waals surface area contributed by atoms with Crippen LogP contribution in [0.4, 0.5) is 0 Å². The largest absolute Gasteiger partial charge is 0.192 e. The highest BCUT2D eigenvalue weighted by molar-refractivity contribution is 7.99. The summed E-state index contributed by atoms with van der Waals surface area (Å²) in [6, 6.07) is 8.02. The van der Waals surface area contributed by atoms with Crippen LogP contribution in [0.1, 0.15) is 25.0 Å². The first-order valence-corrected chi connectivity index (χ1v) is 5.75. The normalized spacial score (nSPS) is 10.2. The molecular formula is C12H15NS. The molecule has 0 saturated carbocycles. The molecule has 0 saturated heterocycles. The molecule has 1 rings (SSSR count). The van der Waals surface area contributed by atoms with Gasteiger partial charge in [0.15, 0.2) is 0 Å². The molecular weight excluding hydrogens is 190 g/mol. The third-order valence-electron chi connectivity index (χ3n) is 1.88. The fraction of sp³-hybridized carbons (Fsp3) is 0.417. The summed E-state index contributed by atoms with van der Waals surface area (Å²) in [7, 11) is 0. The Morgan fingerprint density at radius 1 is 1.43 bits per heavy atom. The summed E-state index contributed by atoms with van der Waals surface area (Å²) in [6.07, 6.45) is 0. The lowest BCUT2D eigenvalue weighted by atomic mass is 10.2. The zero-order valence-electron chi connectivity index (χ0n) is 8.87. The van der Waals surface area contributed by atoms with E-state index in [2.05, 4.69) is 26.8 Å². The number of aryl methyl sites for hydroxylation is 1. The van der Waals surface area contributed by atoms with Crippen LogP contribution in [-0.2, 0) is 0 Å². The summed E-state index contributed by atoms with van der Waals surface area (Å²) in [5.74, 6) is 1.84. The number of benzene rings is 1. The molecule has 0 aromatic heterocycles. The minimum atomic E-state index is 0.704. The van der Waals surface area contributed by atoms with Gasteiger partial charge >= 0.3 is 0 Å². The molecule has 74 valence electrons. The molecule has 2 heteroatoms. The topological polar surface area (TPSA) is 23.8 Å². The quantitative estimate of drug-likeness (QED) is 0.704. The average molecular weight is 205 g/mol. The zero-order chi connectivity index (χ0) is 10.6. The Morgan fingerprint density at radius 2 is 2.14 bits per heavy atom. The molecule has 0 N–H and O–H groups in total. The van der Waals surface area contributed by atoms with Crippen molar-refractivity contribution in [1.29, 1.82) is 5.26 Å². The molecule has 0 heterocycles. The number of hydrogen-bond donors (Lipinski definition) is 0. The first kappa shape index (κ1) is 11.1. The number of nitrogens with zero attached hydrogens (tertiary/aromatic N) is 1. The molecule has 0 aliphatic rings. The summed E-state index contributed by atoms with van der Waals surface area (Å²) in [4.78, 5) is 1.29. The van der Waals surface area contributed by atoms with E-state index < -0.39 is 0 Å². The van der Waals surface area contributed by atoms with Crippen LogP contribution in [0.15, 0.2) is 23.1 Å². The highest BCUT2D eigenvalue weighted by Gasteiger charge is 2.01. The van der Waals surface area contributed by atoms with Gasteiger partial charge in [-0.1, -0.05) is 13.8 Å². The highest BCUT2D eigenvalue weighted by atomic mass is 32.2. The fourth-order valence-electron chi connectivity index (χ4n) is 1.14. The van der Waals surface area contributed by atoms with E-state index in [1.54, 1.807) is 0 Å². The second-order valence-electron chi connectivity index (χ2n) is 3.80. The van der Waals surface area contributed by atoms with Gasteiger partial charge in [0.05, 0.1) is 11.6 Å². The first-order chi connectivity index (χ1) is 6.63. The van der Waals surface area contributed by atoms with Crippen LogP contribution in [0, 0.1) is 24.2 Å². The summed E-state index contributed by atoms with van der Waals surface area (Å²) < 4.78 is 0. The van der Waals surface area contributed by atoms with Crippen molar-refractivity contribution >= 4 is 11.8 Å². The van der Waals surface area contributed by atoms with Crippen LogP contribution in [0.2, 0.25) is 0 Å². The molecule has 0 unspecified atom stereocenters. The molecule has 14 heavy (non-hydrogen) atoms. The van der Waals surface area contributed by atoms with Crippen LogP contribution in [0.25, 0.3) is 0 Å². The van der Waals surface area contributed by atoms with E-state index in [1.807, 2.05) is 30.0 Å². The van der Waals surface area contributed by atoms with E-state index >= 15 is 0 Å². The van der Waals surface area contributed by atoms with E-state index in [0.717, 1.165) is 11.3 Å². The zero-order valence-corrected chi connectivity index (χ0v) is 9.69. The number of thioether (sulfide) groups is 1. The lowest BCUT2D eigenvalue weighted by Crippen LogP contribution is -1.91. The minimum absolute atomic E-state index is 0.704. The Hall–Kier alpha value is -0.940. The highest BCUT2D eigenvalue weighted by Crippen LogP contribution is 2.24. The van der Waals surface area contributed by atoms with Crippen LogP contribution < -0.4 is 0 Å². The predicted molar refractivity (Wildman–Crippen MR) is 61.5 cm³/mol. The molecule has 0 atom stereocenters. The van der Waals surface area contributed by atoms with Crippen molar-refractivity contribution in [2.24, 2.45) is 5.92 Å². The third-order valence-corrected chi connectivity index (χ3v) is 3.48. The maximum absolute atomic E-state index is 8.71. The molecule has 0 radical (unpaired) electrons. The Balaban J connectivity index is 2.75. The number of rotatable bonds is 3. The van der Waals surface area contributed by atoms with Gasteiger partial charge in [0.25, 0.3) is 0 Å². The lowest BCUT2D eigenvalue weighted by molar-refractivity contribution is 0.750. The summed E-state index contributed by atoms with van der Waals surface area (Å²) in [6.45, 7) is 6.49. The Morgan fingerprint density at radius 3 is 2.64 bits per heavy atom. The Kier molecular flexibility index (Phi) is 4.03. The van der Waals surface area contributed by atoms with Crippen molar-refractivity contribution in [2.45, 2.75) is 25.7 Å². The molecule has 0 aliphatic heterocycles. The van der Waals surface area contributed by atoms with Gasteiger partial charge in [-0.05, 0) is 36.6 Å². The van der Waals surface area contributed by atoms with E-state index in [0.29, 0.717) is 5.92 Å². The van der Waals surface area contributed by atoms with E-state index in [9.17, 15) is 0 Å².